The third kappa shape index (κ3) is 15.2. The Morgan fingerprint density at radius 3 is 1.39 bits per heavy atom. The second-order valence-corrected chi connectivity index (χ2v) is 20.9. The van der Waals surface area contributed by atoms with Crippen LogP contribution >= 0.6 is 23.2 Å². The first-order chi connectivity index (χ1) is 39.5. The Hall–Kier alpha value is -9.80. The van der Waals surface area contributed by atoms with Gasteiger partial charge in [-0.15, -0.1) is 20.5 Å². The van der Waals surface area contributed by atoms with Gasteiger partial charge in [0.1, 0.15) is 27.6 Å². The molecule has 0 bridgehead atoms. The van der Waals surface area contributed by atoms with E-state index in [0.29, 0.717) is 55.5 Å². The number of nitrogens with one attached hydrogen (secondary N) is 3. The highest BCUT2D eigenvalue weighted by Gasteiger charge is 2.17. The maximum absolute atomic E-state index is 11.5. The molecule has 23 heteroatoms. The van der Waals surface area contributed by atoms with Gasteiger partial charge in [0.2, 0.25) is 28.3 Å². The van der Waals surface area contributed by atoms with Gasteiger partial charge in [-0.3, -0.25) is 14.1 Å². The maximum Gasteiger partial charge on any atom is 0.296 e. The number of halogens is 2. The molecule has 1 aromatic heterocycles. The summed E-state index contributed by atoms with van der Waals surface area (Å²) in [6, 6.07) is 42.4. The molecule has 0 saturated heterocycles. The van der Waals surface area contributed by atoms with E-state index in [-0.39, 0.29) is 61.8 Å². The van der Waals surface area contributed by atoms with Crippen LogP contribution in [0.2, 0.25) is 10.6 Å². The zero-order chi connectivity index (χ0) is 59.7. The molecule has 0 aliphatic heterocycles. The molecule has 1 heterocycles. The van der Waals surface area contributed by atoms with E-state index in [9.17, 15) is 37.9 Å². The standard InChI is InChI=1S/C20H14Cl2N6O4S.2C20H19N3O2/c1-10-8-11-9-12(23-20-25-18(21)24-19(22)26-20)6-7-13(11)17(29)16(10)28-27-14-4-2-3-5-15(14)33(30,31)32;1-12-4-7-16(8-5-12)22-23-19-13(2)10-15-6-9-17(21-14(3)24)11-18(15)20(19)25;1-12-4-6-16(7-5-12)22-23-19-13(2)10-15-11-17(21-14(3)24)8-9-18(15)20(19)25/h2-9,29H,1H3,(H,30,31,32)(H,23,24,25,26);2*4-11,25H,1-3H3,(H,21,24). The van der Waals surface area contributed by atoms with Crippen molar-refractivity contribution >= 4 is 135 Å². The van der Waals surface area contributed by atoms with Gasteiger partial charge in [0.15, 0.2) is 17.2 Å². The van der Waals surface area contributed by atoms with Crippen LogP contribution in [0.1, 0.15) is 41.7 Å². The number of hydrogen-bond acceptors (Lipinski definition) is 17. The summed E-state index contributed by atoms with van der Waals surface area (Å²) in [5.74, 6) is -0.147. The van der Waals surface area contributed by atoms with Crippen LogP contribution in [0.5, 0.6) is 17.2 Å². The smallest absolute Gasteiger partial charge is 0.296 e. The molecular weight excluding hydrogens is 1120 g/mol. The zero-order valence-electron chi connectivity index (χ0n) is 45.5. The lowest BCUT2D eigenvalue weighted by atomic mass is 10.0. The SMILES string of the molecule is CC(=O)Nc1ccc2c(O)c(N=Nc3ccc(C)cc3)c(C)cc2c1.CC(=O)Nc1ccc2cc(C)c(N=Nc3ccc(C)cc3)c(O)c2c1.Cc1cc2cc(Nc3nc(Cl)nc(Cl)n3)ccc2c(O)c1N=Nc1ccccc1S(=O)(=O)O. The van der Waals surface area contributed by atoms with E-state index in [4.69, 9.17) is 23.2 Å². The number of rotatable bonds is 11. The summed E-state index contributed by atoms with van der Waals surface area (Å²) in [6.45, 7) is 12.4. The quantitative estimate of drug-likeness (QED) is 0.0470. The number of aryl methyl sites for hydroxylation is 5. The molecule has 420 valence electrons. The van der Waals surface area contributed by atoms with Gasteiger partial charge in [-0.05, 0) is 194 Å². The van der Waals surface area contributed by atoms with Gasteiger partial charge in [0, 0.05) is 47.1 Å². The van der Waals surface area contributed by atoms with Crippen molar-refractivity contribution in [3.63, 3.8) is 0 Å². The summed E-state index contributed by atoms with van der Waals surface area (Å²) in [7, 11) is -4.48. The minimum atomic E-state index is -4.48. The van der Waals surface area contributed by atoms with Gasteiger partial charge in [0.05, 0.1) is 11.4 Å². The topological polar surface area (TPSA) is 298 Å². The van der Waals surface area contributed by atoms with Crippen LogP contribution in [0, 0.1) is 34.6 Å². The van der Waals surface area contributed by atoms with Crippen molar-refractivity contribution in [2.45, 2.75) is 53.4 Å². The second kappa shape index (κ2) is 25.8. The number of phenols is 3. The van der Waals surface area contributed by atoms with E-state index in [1.54, 1.807) is 61.5 Å². The molecule has 0 radical (unpaired) electrons. The van der Waals surface area contributed by atoms with Crippen molar-refractivity contribution in [2.75, 3.05) is 16.0 Å². The molecule has 0 aliphatic rings. The van der Waals surface area contributed by atoms with Crippen LogP contribution in [0.15, 0.2) is 181 Å². The summed E-state index contributed by atoms with van der Waals surface area (Å²) in [6.07, 6.45) is 0. The number of carbonyl (C=O) groups excluding carboxylic acids is 2. The van der Waals surface area contributed by atoms with Crippen LogP contribution in [0.4, 0.5) is 57.1 Å². The first-order valence-corrected chi connectivity index (χ1v) is 27.3. The maximum atomic E-state index is 11.5. The Kier molecular flexibility index (Phi) is 18.4. The molecule has 83 heavy (non-hydrogen) atoms. The number of phenolic OH excluding ortho intramolecular Hbond substituents is 3. The number of aromatic hydroxyl groups is 3. The van der Waals surface area contributed by atoms with Crippen molar-refractivity contribution < 1.29 is 37.9 Å². The lowest BCUT2D eigenvalue weighted by Crippen LogP contribution is -2.05. The van der Waals surface area contributed by atoms with E-state index in [1.807, 2.05) is 100 Å². The predicted molar refractivity (Wildman–Crippen MR) is 324 cm³/mol. The number of amides is 2. The van der Waals surface area contributed by atoms with E-state index in [2.05, 4.69) is 61.6 Å². The molecule has 10 rings (SSSR count). The van der Waals surface area contributed by atoms with E-state index < -0.39 is 10.1 Å². The molecule has 7 N–H and O–H groups in total. The molecule has 0 atom stereocenters. The normalized spacial score (nSPS) is 11.4. The van der Waals surface area contributed by atoms with Crippen molar-refractivity contribution in [1.29, 1.82) is 0 Å². The fourth-order valence-corrected chi connectivity index (χ4v) is 9.35. The van der Waals surface area contributed by atoms with Crippen LogP contribution in [-0.2, 0) is 19.7 Å². The number of azo groups is 3. The van der Waals surface area contributed by atoms with Crippen molar-refractivity contribution in [2.24, 2.45) is 30.7 Å². The highest BCUT2D eigenvalue weighted by molar-refractivity contribution is 7.86. The highest BCUT2D eigenvalue weighted by Crippen LogP contribution is 2.43. The Morgan fingerprint density at radius 2 is 0.892 bits per heavy atom. The van der Waals surface area contributed by atoms with Gasteiger partial charge in [0.25, 0.3) is 10.1 Å². The molecule has 0 fully saturated rings. The zero-order valence-corrected chi connectivity index (χ0v) is 47.8. The molecule has 2 amide bonds. The molecule has 0 saturated carbocycles. The Bertz CT molecular complexity index is 4340. The molecular formula is C60H52Cl2N12O8S. The fraction of sp³-hybridized carbons (Fsp3) is 0.117. The average molecular weight is 1170 g/mol. The predicted octanol–water partition coefficient (Wildman–Crippen LogP) is 16.8. The number of benzene rings is 9. The monoisotopic (exact) mass is 1170 g/mol. The second-order valence-electron chi connectivity index (χ2n) is 18.9. The summed E-state index contributed by atoms with van der Waals surface area (Å²) < 4.78 is 32.5. The van der Waals surface area contributed by atoms with Crippen LogP contribution in [-0.4, -0.2) is 55.1 Å². The lowest BCUT2D eigenvalue weighted by molar-refractivity contribution is -0.115. The first-order valence-electron chi connectivity index (χ1n) is 25.1. The number of aromatic nitrogens is 3. The van der Waals surface area contributed by atoms with Gasteiger partial charge < -0.3 is 31.3 Å². The Labute approximate surface area is 486 Å². The third-order valence-corrected chi connectivity index (χ3v) is 13.5. The van der Waals surface area contributed by atoms with Gasteiger partial charge >= 0.3 is 0 Å². The molecule has 0 unspecified atom stereocenters. The number of hydrogen-bond donors (Lipinski definition) is 7. The fourth-order valence-electron chi connectivity index (χ4n) is 8.36. The Morgan fingerprint density at radius 1 is 0.470 bits per heavy atom. The van der Waals surface area contributed by atoms with E-state index in [0.717, 1.165) is 44.4 Å². The molecule has 9 aromatic carbocycles. The minimum absolute atomic E-state index is 0.0538. The summed E-state index contributed by atoms with van der Waals surface area (Å²) in [4.78, 5) is 33.6. The average Bonchev–Trinajstić information content (AvgIpc) is 3.63. The largest absolute Gasteiger partial charge is 0.505 e. The van der Waals surface area contributed by atoms with Crippen molar-refractivity contribution in [3.05, 3.63) is 184 Å². The summed E-state index contributed by atoms with van der Waals surface area (Å²) >= 11 is 11.6. The van der Waals surface area contributed by atoms with Crippen molar-refractivity contribution in [3.8, 4) is 17.2 Å². The molecule has 10 aromatic rings. The molecule has 0 spiro atoms. The van der Waals surface area contributed by atoms with Crippen LogP contribution in [0.25, 0.3) is 32.3 Å². The molecule has 20 nitrogen and oxygen atoms in total. The lowest BCUT2D eigenvalue weighted by Gasteiger charge is -2.10. The van der Waals surface area contributed by atoms with E-state index >= 15 is 0 Å². The summed E-state index contributed by atoms with van der Waals surface area (Å²) in [5.41, 5.74) is 8.84. The van der Waals surface area contributed by atoms with Crippen LogP contribution < -0.4 is 16.0 Å². The van der Waals surface area contributed by atoms with E-state index in [1.165, 1.54) is 32.0 Å². The number of fused-ring (bicyclic) bond motifs is 3. The first kappa shape index (κ1) is 59.3. The summed E-state index contributed by atoms with van der Waals surface area (Å²) in [5, 5.41) is 69.3. The van der Waals surface area contributed by atoms with Gasteiger partial charge in [-0.1, -0.05) is 53.6 Å². The van der Waals surface area contributed by atoms with Gasteiger partial charge in [-0.2, -0.15) is 33.6 Å². The Balaban J connectivity index is 0.000000165. The minimum Gasteiger partial charge on any atom is -0.505 e. The number of anilines is 4. The third-order valence-electron chi connectivity index (χ3n) is 12.3. The van der Waals surface area contributed by atoms with Crippen molar-refractivity contribution in [1.82, 2.24) is 15.0 Å². The molecule has 0 aliphatic carbocycles. The number of carbonyl (C=O) groups is 2. The highest BCUT2D eigenvalue weighted by atomic mass is 35.5. The number of nitrogens with zero attached hydrogens (tertiary/aromatic N) is 9. The van der Waals surface area contributed by atoms with Gasteiger partial charge in [-0.25, -0.2) is 0 Å². The van der Waals surface area contributed by atoms with Crippen LogP contribution in [0.3, 0.4) is 0 Å².